The third-order valence-corrected chi connectivity index (χ3v) is 13.2. The molecular weight excluding hydrogens is 840 g/mol. The van der Waals surface area contributed by atoms with E-state index in [-0.39, 0.29) is 12.5 Å². The van der Waals surface area contributed by atoms with Gasteiger partial charge in [-0.25, -0.2) is 0 Å². The summed E-state index contributed by atoms with van der Waals surface area (Å²) >= 11 is 0. The van der Waals surface area contributed by atoms with Crippen molar-refractivity contribution >= 4 is 13.7 Å². The second-order valence-electron chi connectivity index (χ2n) is 19.9. The molecule has 0 spiro atoms. The predicted octanol–water partition coefficient (Wildman–Crippen LogP) is 15.9. The molecule has 9 heteroatoms. The molecular formula is C57H107N2O6P. The number of phosphoric ester groups is 1. The van der Waals surface area contributed by atoms with Crippen LogP contribution in [0.5, 0.6) is 0 Å². The minimum Gasteiger partial charge on any atom is -0.756 e. The molecule has 3 atom stereocenters. The van der Waals surface area contributed by atoms with Crippen LogP contribution < -0.4 is 10.2 Å². The highest BCUT2D eigenvalue weighted by molar-refractivity contribution is 7.45. The van der Waals surface area contributed by atoms with Crippen LogP contribution in [0.3, 0.4) is 0 Å². The van der Waals surface area contributed by atoms with Crippen molar-refractivity contribution in [1.82, 2.24) is 5.32 Å². The number of aliphatic hydroxyl groups excluding tert-OH is 1. The van der Waals surface area contributed by atoms with Crippen LogP contribution in [0.4, 0.5) is 0 Å². The molecule has 0 saturated heterocycles. The smallest absolute Gasteiger partial charge is 0.268 e. The molecule has 0 heterocycles. The summed E-state index contributed by atoms with van der Waals surface area (Å²) in [4.78, 5) is 25.4. The fraction of sp³-hybridized carbons (Fsp3) is 0.807. The molecule has 2 N–H and O–H groups in total. The highest BCUT2D eigenvalue weighted by atomic mass is 31.2. The summed E-state index contributed by atoms with van der Waals surface area (Å²) in [6.45, 7) is 4.60. The third kappa shape index (κ3) is 50.1. The van der Waals surface area contributed by atoms with E-state index in [1.807, 2.05) is 27.2 Å². The van der Waals surface area contributed by atoms with E-state index in [9.17, 15) is 19.4 Å². The second-order valence-corrected chi connectivity index (χ2v) is 21.4. The van der Waals surface area contributed by atoms with E-state index >= 15 is 0 Å². The summed E-state index contributed by atoms with van der Waals surface area (Å²) in [5.41, 5.74) is 0. The van der Waals surface area contributed by atoms with E-state index < -0.39 is 26.6 Å². The minimum absolute atomic E-state index is 0.0114. The zero-order valence-electron chi connectivity index (χ0n) is 43.9. The fourth-order valence-electron chi connectivity index (χ4n) is 7.82. The Kier molecular flexibility index (Phi) is 46.9. The molecule has 66 heavy (non-hydrogen) atoms. The summed E-state index contributed by atoms with van der Waals surface area (Å²) in [7, 11) is 1.23. The highest BCUT2D eigenvalue weighted by Gasteiger charge is 2.23. The van der Waals surface area contributed by atoms with Crippen LogP contribution in [0.15, 0.2) is 60.8 Å². The Bertz CT molecular complexity index is 1260. The minimum atomic E-state index is -4.61. The number of aliphatic hydroxyl groups is 1. The number of nitrogens with zero attached hydrogens (tertiary/aromatic N) is 1. The molecule has 0 bridgehead atoms. The lowest BCUT2D eigenvalue weighted by Gasteiger charge is -2.29. The van der Waals surface area contributed by atoms with Crippen molar-refractivity contribution in [2.75, 3.05) is 40.9 Å². The van der Waals surface area contributed by atoms with Gasteiger partial charge in [0, 0.05) is 6.42 Å². The first-order valence-corrected chi connectivity index (χ1v) is 29.1. The molecule has 1 amide bonds. The van der Waals surface area contributed by atoms with Crippen molar-refractivity contribution < 1.29 is 32.9 Å². The van der Waals surface area contributed by atoms with Gasteiger partial charge in [0.15, 0.2) is 0 Å². The quantitative estimate of drug-likeness (QED) is 0.0207. The van der Waals surface area contributed by atoms with Gasteiger partial charge >= 0.3 is 0 Å². The zero-order chi connectivity index (χ0) is 48.5. The number of rotatable bonds is 50. The van der Waals surface area contributed by atoms with Crippen molar-refractivity contribution in [2.45, 2.75) is 257 Å². The lowest BCUT2D eigenvalue weighted by atomic mass is 10.0. The number of unbranched alkanes of at least 4 members (excludes halogenated alkanes) is 30. The number of hydrogen-bond donors (Lipinski definition) is 2. The number of phosphoric acid groups is 1. The molecule has 3 unspecified atom stereocenters. The lowest BCUT2D eigenvalue weighted by Crippen LogP contribution is -2.45. The molecule has 0 aliphatic rings. The van der Waals surface area contributed by atoms with Crippen molar-refractivity contribution in [3.05, 3.63) is 60.8 Å². The van der Waals surface area contributed by atoms with E-state index in [0.29, 0.717) is 17.4 Å². The largest absolute Gasteiger partial charge is 0.756 e. The van der Waals surface area contributed by atoms with Crippen LogP contribution in [0, 0.1) is 0 Å². The number of carbonyl (C=O) groups is 1. The Morgan fingerprint density at radius 2 is 0.894 bits per heavy atom. The van der Waals surface area contributed by atoms with E-state index in [1.54, 1.807) is 6.08 Å². The molecule has 0 saturated carbocycles. The number of likely N-dealkylation sites (N-methyl/N-ethyl adjacent to an activating group) is 1. The Balaban J connectivity index is 4.33. The topological polar surface area (TPSA) is 108 Å². The molecule has 0 aliphatic heterocycles. The van der Waals surface area contributed by atoms with Crippen LogP contribution in [-0.2, 0) is 18.4 Å². The van der Waals surface area contributed by atoms with Gasteiger partial charge in [-0.3, -0.25) is 9.36 Å². The van der Waals surface area contributed by atoms with Gasteiger partial charge in [-0.2, -0.15) is 0 Å². The van der Waals surface area contributed by atoms with Crippen LogP contribution >= 0.6 is 7.82 Å². The summed E-state index contributed by atoms with van der Waals surface area (Å²) in [5.74, 6) is -0.215. The number of quaternary nitrogens is 1. The SMILES string of the molecule is CCCCC/C=C\C=C/CCCCCCCCCCCCC(=O)NC(COP(=O)([O-])OCC[N+](C)(C)C)C(O)/C=C/CC/C=C/CC/C=C/CCCCCCCCCCCCCCCCC. The Morgan fingerprint density at radius 1 is 0.530 bits per heavy atom. The summed E-state index contributed by atoms with van der Waals surface area (Å²) in [6, 6.07) is -0.914. The standard InChI is InChI=1S/C57H107N2O6P/c1-6-8-10-12-14-16-18-20-22-24-26-27-28-29-30-31-33-34-36-38-40-42-44-46-48-50-56(60)55(54-65-66(62,63)64-53-52-59(3,4)5)58-57(61)51-49-47-45-43-41-39-37-35-32-25-23-21-19-17-15-13-11-9-7-2/h15,17,19,21,33-34,40,42,48,50,55-56,60H,6-14,16,18,20,22-32,35-39,41,43-47,49,51-54H2,1-5H3,(H-,58,61,62,63)/b17-15-,21-19-,34-33+,42-40+,50-48+. The van der Waals surface area contributed by atoms with E-state index in [0.717, 1.165) is 51.4 Å². The maximum Gasteiger partial charge on any atom is 0.268 e. The van der Waals surface area contributed by atoms with E-state index in [4.69, 9.17) is 9.05 Å². The first kappa shape index (κ1) is 64.2. The predicted molar refractivity (Wildman–Crippen MR) is 284 cm³/mol. The van der Waals surface area contributed by atoms with Crippen molar-refractivity contribution in [3.63, 3.8) is 0 Å². The number of carbonyl (C=O) groups excluding carboxylic acids is 1. The molecule has 386 valence electrons. The molecule has 0 fully saturated rings. The van der Waals surface area contributed by atoms with Crippen molar-refractivity contribution in [3.8, 4) is 0 Å². The van der Waals surface area contributed by atoms with Crippen molar-refractivity contribution in [1.29, 1.82) is 0 Å². The average Bonchev–Trinajstić information content (AvgIpc) is 3.28. The lowest BCUT2D eigenvalue weighted by molar-refractivity contribution is -0.870. The van der Waals surface area contributed by atoms with Gasteiger partial charge < -0.3 is 28.8 Å². The molecule has 0 aliphatic carbocycles. The van der Waals surface area contributed by atoms with Gasteiger partial charge in [0.05, 0.1) is 39.9 Å². The van der Waals surface area contributed by atoms with Crippen molar-refractivity contribution in [2.24, 2.45) is 0 Å². The van der Waals surface area contributed by atoms with Gasteiger partial charge in [-0.15, -0.1) is 0 Å². The van der Waals surface area contributed by atoms with Gasteiger partial charge in [0.2, 0.25) is 5.91 Å². The molecule has 0 aromatic heterocycles. The maximum atomic E-state index is 12.9. The number of allylic oxidation sites excluding steroid dienone is 9. The second kappa shape index (κ2) is 48.2. The summed E-state index contributed by atoms with van der Waals surface area (Å²) in [5, 5.41) is 13.8. The molecule has 8 nitrogen and oxygen atoms in total. The summed E-state index contributed by atoms with van der Waals surface area (Å²) in [6.07, 6.45) is 64.3. The highest BCUT2D eigenvalue weighted by Crippen LogP contribution is 2.38. The Morgan fingerprint density at radius 3 is 1.35 bits per heavy atom. The number of amides is 1. The van der Waals surface area contributed by atoms with Gasteiger partial charge in [-0.1, -0.05) is 229 Å². The molecule has 0 aromatic carbocycles. The maximum absolute atomic E-state index is 12.9. The first-order valence-electron chi connectivity index (χ1n) is 27.7. The van der Waals surface area contributed by atoms with Crippen LogP contribution in [0.25, 0.3) is 0 Å². The monoisotopic (exact) mass is 947 g/mol. The van der Waals surface area contributed by atoms with Gasteiger partial charge in [0.25, 0.3) is 7.82 Å². The summed E-state index contributed by atoms with van der Waals surface area (Å²) < 4.78 is 23.3. The molecule has 0 radical (unpaired) electrons. The molecule has 0 aromatic rings. The zero-order valence-corrected chi connectivity index (χ0v) is 44.8. The fourth-order valence-corrected chi connectivity index (χ4v) is 8.55. The number of hydrogen-bond acceptors (Lipinski definition) is 6. The Hall–Kier alpha value is -1.80. The van der Waals surface area contributed by atoms with Crippen LogP contribution in [-0.4, -0.2) is 68.5 Å². The van der Waals surface area contributed by atoms with Crippen LogP contribution in [0.1, 0.15) is 245 Å². The first-order chi connectivity index (χ1) is 32.0. The third-order valence-electron chi connectivity index (χ3n) is 12.2. The van der Waals surface area contributed by atoms with Crippen LogP contribution in [0.2, 0.25) is 0 Å². The normalized spacial score (nSPS) is 14.5. The van der Waals surface area contributed by atoms with E-state index in [2.05, 4.69) is 67.8 Å². The molecule has 0 rings (SSSR count). The Labute approximate surface area is 409 Å². The van der Waals surface area contributed by atoms with Gasteiger partial charge in [-0.05, 0) is 70.6 Å². The number of nitrogens with one attached hydrogen (secondary N) is 1. The average molecular weight is 947 g/mol. The van der Waals surface area contributed by atoms with E-state index in [1.165, 1.54) is 173 Å². The van der Waals surface area contributed by atoms with Gasteiger partial charge in [0.1, 0.15) is 13.2 Å².